The molecule has 2 amide bonds. The van der Waals surface area contributed by atoms with Crippen molar-refractivity contribution in [2.75, 3.05) is 11.9 Å². The molecule has 2 N–H and O–H groups in total. The fourth-order valence-electron chi connectivity index (χ4n) is 2.52. The Hall–Kier alpha value is -3.21. The molecular weight excluding hydrogens is 316 g/mol. The van der Waals surface area contributed by atoms with E-state index in [9.17, 15) is 4.79 Å². The van der Waals surface area contributed by atoms with Crippen LogP contribution in [0.5, 0.6) is 5.75 Å². The van der Waals surface area contributed by atoms with Gasteiger partial charge in [-0.25, -0.2) is 4.79 Å². The fraction of sp³-hybridized carbons (Fsp3) is 0.150. The Morgan fingerprint density at radius 1 is 1.04 bits per heavy atom. The van der Waals surface area contributed by atoms with Crippen molar-refractivity contribution in [3.05, 3.63) is 84.3 Å². The Bertz CT molecular complexity index is 784. The van der Waals surface area contributed by atoms with E-state index in [4.69, 9.17) is 9.15 Å². The molecule has 0 radical (unpaired) electrons. The van der Waals surface area contributed by atoms with Gasteiger partial charge in [0, 0.05) is 5.69 Å². The van der Waals surface area contributed by atoms with Crippen LogP contribution in [0.2, 0.25) is 0 Å². The average molecular weight is 336 g/mol. The van der Waals surface area contributed by atoms with Crippen LogP contribution in [0.3, 0.4) is 0 Å². The first-order valence-corrected chi connectivity index (χ1v) is 8.15. The molecule has 0 aliphatic heterocycles. The molecule has 0 saturated heterocycles. The largest absolute Gasteiger partial charge is 0.494 e. The summed E-state index contributed by atoms with van der Waals surface area (Å²) in [7, 11) is 0. The monoisotopic (exact) mass is 336 g/mol. The van der Waals surface area contributed by atoms with Crippen LogP contribution in [0.25, 0.3) is 0 Å². The highest BCUT2D eigenvalue weighted by Gasteiger charge is 2.19. The molecule has 0 fully saturated rings. The van der Waals surface area contributed by atoms with Crippen LogP contribution < -0.4 is 15.4 Å². The van der Waals surface area contributed by atoms with E-state index in [-0.39, 0.29) is 12.1 Å². The molecule has 0 saturated carbocycles. The number of carbonyl (C=O) groups is 1. The summed E-state index contributed by atoms with van der Waals surface area (Å²) in [6.45, 7) is 2.53. The van der Waals surface area contributed by atoms with Gasteiger partial charge in [0.05, 0.1) is 12.9 Å². The van der Waals surface area contributed by atoms with Gasteiger partial charge in [-0.1, -0.05) is 30.3 Å². The third-order valence-electron chi connectivity index (χ3n) is 3.66. The van der Waals surface area contributed by atoms with E-state index in [1.54, 1.807) is 24.5 Å². The number of ether oxygens (including phenoxy) is 1. The Labute approximate surface area is 146 Å². The van der Waals surface area contributed by atoms with Crippen molar-refractivity contribution in [1.82, 2.24) is 5.32 Å². The molecular formula is C20H20N2O3. The van der Waals surface area contributed by atoms with Gasteiger partial charge in [-0.05, 0) is 48.9 Å². The highest BCUT2D eigenvalue weighted by Crippen LogP contribution is 2.23. The lowest BCUT2D eigenvalue weighted by atomic mass is 10.1. The summed E-state index contributed by atoms with van der Waals surface area (Å²) < 4.78 is 10.9. The lowest BCUT2D eigenvalue weighted by molar-refractivity contribution is 0.248. The standard InChI is InChI=1S/C20H20N2O3/c1-2-24-17-12-10-16(11-13-17)21-20(23)22-19(18-9-6-14-25-18)15-7-4-3-5-8-15/h3-14,19H,2H2,1H3,(H2,21,22,23). The van der Waals surface area contributed by atoms with E-state index < -0.39 is 0 Å². The number of anilines is 1. The quantitative estimate of drug-likeness (QED) is 0.692. The van der Waals surface area contributed by atoms with Crippen LogP contribution >= 0.6 is 0 Å². The van der Waals surface area contributed by atoms with E-state index in [2.05, 4.69) is 10.6 Å². The zero-order valence-electron chi connectivity index (χ0n) is 13.9. The molecule has 3 aromatic rings. The van der Waals surface area contributed by atoms with E-state index >= 15 is 0 Å². The van der Waals surface area contributed by atoms with Gasteiger partial charge in [-0.15, -0.1) is 0 Å². The van der Waals surface area contributed by atoms with Crippen LogP contribution in [-0.2, 0) is 0 Å². The van der Waals surface area contributed by atoms with Gasteiger partial charge in [0.2, 0.25) is 0 Å². The first-order valence-electron chi connectivity index (χ1n) is 8.15. The molecule has 2 aromatic carbocycles. The number of nitrogens with one attached hydrogen (secondary N) is 2. The third kappa shape index (κ3) is 4.41. The number of carbonyl (C=O) groups excluding carboxylic acids is 1. The van der Waals surface area contributed by atoms with Crippen molar-refractivity contribution in [1.29, 1.82) is 0 Å². The van der Waals surface area contributed by atoms with Gasteiger partial charge in [-0.2, -0.15) is 0 Å². The topological polar surface area (TPSA) is 63.5 Å². The van der Waals surface area contributed by atoms with Crippen LogP contribution in [0.1, 0.15) is 24.3 Å². The fourth-order valence-corrected chi connectivity index (χ4v) is 2.52. The maximum absolute atomic E-state index is 12.4. The molecule has 1 unspecified atom stereocenters. The van der Waals surface area contributed by atoms with E-state index in [1.807, 2.05) is 55.5 Å². The minimum atomic E-state index is -0.362. The van der Waals surface area contributed by atoms with Crippen molar-refractivity contribution in [3.63, 3.8) is 0 Å². The van der Waals surface area contributed by atoms with Gasteiger partial charge in [-0.3, -0.25) is 0 Å². The third-order valence-corrected chi connectivity index (χ3v) is 3.66. The molecule has 1 heterocycles. The van der Waals surface area contributed by atoms with Gasteiger partial charge < -0.3 is 19.8 Å². The van der Waals surface area contributed by atoms with Gasteiger partial charge in [0.1, 0.15) is 17.6 Å². The van der Waals surface area contributed by atoms with Gasteiger partial charge >= 0.3 is 6.03 Å². The van der Waals surface area contributed by atoms with Crippen LogP contribution in [0.15, 0.2) is 77.4 Å². The Balaban J connectivity index is 1.70. The molecule has 1 atom stereocenters. The predicted molar refractivity (Wildman–Crippen MR) is 96.8 cm³/mol. The number of urea groups is 1. The summed E-state index contributed by atoms with van der Waals surface area (Å²) >= 11 is 0. The minimum Gasteiger partial charge on any atom is -0.494 e. The minimum absolute atomic E-state index is 0.311. The SMILES string of the molecule is CCOc1ccc(NC(=O)NC(c2ccccc2)c2ccco2)cc1. The zero-order valence-corrected chi connectivity index (χ0v) is 13.9. The maximum Gasteiger partial charge on any atom is 0.320 e. The van der Waals surface area contributed by atoms with Gasteiger partial charge in [0.15, 0.2) is 0 Å². The van der Waals surface area contributed by atoms with Crippen molar-refractivity contribution in [2.45, 2.75) is 13.0 Å². The molecule has 0 spiro atoms. The van der Waals surface area contributed by atoms with Crippen LogP contribution in [0.4, 0.5) is 10.5 Å². The molecule has 3 rings (SSSR count). The second-order valence-corrected chi connectivity index (χ2v) is 5.41. The number of furan rings is 1. The first-order chi connectivity index (χ1) is 12.3. The number of benzene rings is 2. The number of rotatable bonds is 6. The van der Waals surface area contributed by atoms with Crippen molar-refractivity contribution in [2.24, 2.45) is 0 Å². The molecule has 5 heteroatoms. The summed E-state index contributed by atoms with van der Waals surface area (Å²) in [5.74, 6) is 1.44. The number of amides is 2. The summed E-state index contributed by atoms with van der Waals surface area (Å²) in [4.78, 5) is 12.4. The smallest absolute Gasteiger partial charge is 0.320 e. The van der Waals surface area contributed by atoms with Crippen molar-refractivity contribution < 1.29 is 13.9 Å². The molecule has 5 nitrogen and oxygen atoms in total. The summed E-state index contributed by atoms with van der Waals surface area (Å²) in [5, 5.41) is 5.78. The molecule has 0 bridgehead atoms. The Kier molecular flexibility index (Phi) is 5.36. The van der Waals surface area contributed by atoms with Crippen molar-refractivity contribution >= 4 is 11.7 Å². The molecule has 0 aliphatic rings. The number of hydrogen-bond donors (Lipinski definition) is 2. The van der Waals surface area contributed by atoms with E-state index in [0.29, 0.717) is 18.1 Å². The lowest BCUT2D eigenvalue weighted by Crippen LogP contribution is -2.33. The normalized spacial score (nSPS) is 11.6. The second-order valence-electron chi connectivity index (χ2n) is 5.41. The highest BCUT2D eigenvalue weighted by atomic mass is 16.5. The van der Waals surface area contributed by atoms with Gasteiger partial charge in [0.25, 0.3) is 0 Å². The Morgan fingerprint density at radius 3 is 2.44 bits per heavy atom. The maximum atomic E-state index is 12.4. The summed E-state index contributed by atoms with van der Waals surface area (Å²) in [5.41, 5.74) is 1.63. The highest BCUT2D eigenvalue weighted by molar-refractivity contribution is 5.89. The molecule has 1 aromatic heterocycles. The molecule has 128 valence electrons. The first kappa shape index (κ1) is 16.6. The summed E-state index contributed by atoms with van der Waals surface area (Å²) in [6, 6.07) is 19.9. The molecule has 25 heavy (non-hydrogen) atoms. The van der Waals surface area contributed by atoms with Crippen molar-refractivity contribution in [3.8, 4) is 5.75 Å². The van der Waals surface area contributed by atoms with E-state index in [1.165, 1.54) is 0 Å². The van der Waals surface area contributed by atoms with Crippen LogP contribution in [0, 0.1) is 0 Å². The lowest BCUT2D eigenvalue weighted by Gasteiger charge is -2.17. The predicted octanol–water partition coefficient (Wildman–Crippen LogP) is 4.59. The number of hydrogen-bond acceptors (Lipinski definition) is 3. The van der Waals surface area contributed by atoms with E-state index in [0.717, 1.165) is 11.3 Å². The zero-order chi connectivity index (χ0) is 17.5. The second kappa shape index (κ2) is 8.06. The Morgan fingerprint density at radius 2 is 1.80 bits per heavy atom. The molecule has 0 aliphatic carbocycles. The summed E-state index contributed by atoms with van der Waals surface area (Å²) in [6.07, 6.45) is 1.59. The van der Waals surface area contributed by atoms with Crippen LogP contribution in [-0.4, -0.2) is 12.6 Å². The average Bonchev–Trinajstić information content (AvgIpc) is 3.17.